The Kier molecular flexibility index (Phi) is 4.64. The highest BCUT2D eigenvalue weighted by Crippen LogP contribution is 2.54. The van der Waals surface area contributed by atoms with E-state index in [-0.39, 0.29) is 59.7 Å². The zero-order valence-electron chi connectivity index (χ0n) is 15.2. The number of fused-ring (bicyclic) bond motifs is 3. The number of carbonyl (C=O) groups is 3. The smallest absolute Gasteiger partial charge is 0.309 e. The van der Waals surface area contributed by atoms with E-state index in [9.17, 15) is 14.4 Å². The Balaban J connectivity index is 1.95. The highest BCUT2D eigenvalue weighted by Gasteiger charge is 2.59. The number of rotatable bonds is 2. The van der Waals surface area contributed by atoms with E-state index in [4.69, 9.17) is 14.2 Å². The maximum absolute atomic E-state index is 12.2. The van der Waals surface area contributed by atoms with Crippen LogP contribution in [0.25, 0.3) is 0 Å². The molecule has 2 aliphatic carbocycles. The van der Waals surface area contributed by atoms with Gasteiger partial charge in [0.05, 0.1) is 5.92 Å². The summed E-state index contributed by atoms with van der Waals surface area (Å²) in [5, 5.41) is 0. The van der Waals surface area contributed by atoms with E-state index in [2.05, 4.69) is 6.58 Å². The van der Waals surface area contributed by atoms with Crippen molar-refractivity contribution in [3.8, 4) is 0 Å². The Morgan fingerprint density at radius 1 is 1.08 bits per heavy atom. The SMILES string of the molecule is C=C1C[C@H](OC(C)=O)[C@@H]2[C@H](OC(=O)[C@H]2C)[C@H]2[C@H](C)[C@@H](OC(C)=O)C[C@@H]12. The first-order valence-corrected chi connectivity index (χ1v) is 8.93. The lowest BCUT2D eigenvalue weighted by atomic mass is 9.77. The molecular weight excluding hydrogens is 324 g/mol. The Bertz CT molecular complexity index is 611. The van der Waals surface area contributed by atoms with Crippen molar-refractivity contribution >= 4 is 17.9 Å². The van der Waals surface area contributed by atoms with Crippen LogP contribution in [-0.4, -0.2) is 36.2 Å². The summed E-state index contributed by atoms with van der Waals surface area (Å²) >= 11 is 0. The highest BCUT2D eigenvalue weighted by molar-refractivity contribution is 5.75. The molecule has 0 bridgehead atoms. The van der Waals surface area contributed by atoms with E-state index in [1.807, 2.05) is 13.8 Å². The molecule has 25 heavy (non-hydrogen) atoms. The third-order valence-electron chi connectivity index (χ3n) is 6.16. The fraction of sp³-hybridized carbons (Fsp3) is 0.737. The summed E-state index contributed by atoms with van der Waals surface area (Å²) in [5.74, 6) is -1.27. The van der Waals surface area contributed by atoms with E-state index in [0.29, 0.717) is 12.8 Å². The van der Waals surface area contributed by atoms with Gasteiger partial charge in [-0.3, -0.25) is 14.4 Å². The van der Waals surface area contributed by atoms with Gasteiger partial charge in [0.15, 0.2) is 0 Å². The molecule has 0 amide bonds. The van der Waals surface area contributed by atoms with Crippen LogP contribution in [-0.2, 0) is 28.6 Å². The molecule has 0 aromatic carbocycles. The van der Waals surface area contributed by atoms with Gasteiger partial charge in [0.25, 0.3) is 0 Å². The molecule has 3 aliphatic rings. The van der Waals surface area contributed by atoms with Gasteiger partial charge in [0.2, 0.25) is 0 Å². The molecule has 0 unspecified atom stereocenters. The summed E-state index contributed by atoms with van der Waals surface area (Å²) in [6.45, 7) is 10.9. The second-order valence-electron chi connectivity index (χ2n) is 7.70. The Labute approximate surface area is 147 Å². The first-order valence-electron chi connectivity index (χ1n) is 8.93. The van der Waals surface area contributed by atoms with Crippen molar-refractivity contribution in [3.05, 3.63) is 12.2 Å². The van der Waals surface area contributed by atoms with Gasteiger partial charge in [-0.2, -0.15) is 0 Å². The van der Waals surface area contributed by atoms with Gasteiger partial charge in [-0.25, -0.2) is 0 Å². The first-order chi connectivity index (χ1) is 11.7. The highest BCUT2D eigenvalue weighted by atomic mass is 16.6. The van der Waals surface area contributed by atoms with Gasteiger partial charge >= 0.3 is 17.9 Å². The van der Waals surface area contributed by atoms with Crippen molar-refractivity contribution in [1.82, 2.24) is 0 Å². The summed E-state index contributed by atoms with van der Waals surface area (Å²) in [4.78, 5) is 35.2. The van der Waals surface area contributed by atoms with Gasteiger partial charge in [-0.05, 0) is 12.3 Å². The molecule has 3 fully saturated rings. The van der Waals surface area contributed by atoms with E-state index >= 15 is 0 Å². The summed E-state index contributed by atoms with van der Waals surface area (Å²) in [5.41, 5.74) is 0.982. The molecule has 0 aromatic heterocycles. The van der Waals surface area contributed by atoms with Crippen molar-refractivity contribution in [2.75, 3.05) is 0 Å². The minimum absolute atomic E-state index is 0.0244. The Hall–Kier alpha value is -1.85. The van der Waals surface area contributed by atoms with E-state index in [1.54, 1.807) is 0 Å². The molecule has 8 atom stereocenters. The zero-order chi connectivity index (χ0) is 18.5. The molecule has 1 heterocycles. The van der Waals surface area contributed by atoms with Crippen LogP contribution >= 0.6 is 0 Å². The predicted octanol–water partition coefficient (Wildman–Crippen LogP) is 2.26. The number of hydrogen-bond acceptors (Lipinski definition) is 6. The molecule has 6 heteroatoms. The van der Waals surface area contributed by atoms with Crippen LogP contribution in [0.1, 0.15) is 40.5 Å². The molecule has 1 aliphatic heterocycles. The quantitative estimate of drug-likeness (QED) is 0.432. The van der Waals surface area contributed by atoms with Gasteiger partial charge < -0.3 is 14.2 Å². The van der Waals surface area contributed by atoms with Gasteiger partial charge in [0.1, 0.15) is 18.3 Å². The molecule has 0 spiro atoms. The lowest BCUT2D eigenvalue weighted by Gasteiger charge is -2.31. The maximum atomic E-state index is 12.2. The largest absolute Gasteiger partial charge is 0.462 e. The van der Waals surface area contributed by atoms with Crippen LogP contribution in [0.2, 0.25) is 0 Å². The minimum Gasteiger partial charge on any atom is -0.462 e. The molecule has 6 nitrogen and oxygen atoms in total. The third-order valence-corrected chi connectivity index (χ3v) is 6.16. The standard InChI is InChI=1S/C19H26O6/c1-8-6-15(24-12(5)21)17-10(3)19(22)25-18(17)16-9(2)14(7-13(8)16)23-11(4)20/h9-10,13-18H,1,6-7H2,2-5H3/t9-,10+,13+,14+,15+,16+,17-,18-/m1/s1. The molecule has 0 radical (unpaired) electrons. The fourth-order valence-corrected chi connectivity index (χ4v) is 5.08. The second kappa shape index (κ2) is 6.46. The molecule has 138 valence electrons. The summed E-state index contributed by atoms with van der Waals surface area (Å²) in [6.07, 6.45) is 0.243. The number of esters is 3. The van der Waals surface area contributed by atoms with E-state index < -0.39 is 6.10 Å². The van der Waals surface area contributed by atoms with Gasteiger partial charge in [-0.1, -0.05) is 26.0 Å². The van der Waals surface area contributed by atoms with E-state index in [0.717, 1.165) is 5.57 Å². The lowest BCUT2D eigenvalue weighted by molar-refractivity contribution is -0.154. The number of hydrogen-bond donors (Lipinski definition) is 0. The van der Waals surface area contributed by atoms with Crippen molar-refractivity contribution in [3.63, 3.8) is 0 Å². The summed E-state index contributed by atoms with van der Waals surface area (Å²) in [7, 11) is 0. The zero-order valence-corrected chi connectivity index (χ0v) is 15.2. The monoisotopic (exact) mass is 350 g/mol. The molecule has 0 aromatic rings. The Morgan fingerprint density at radius 2 is 1.68 bits per heavy atom. The van der Waals surface area contributed by atoms with Crippen LogP contribution < -0.4 is 0 Å². The average Bonchev–Trinajstić information content (AvgIpc) is 2.92. The summed E-state index contributed by atoms with van der Waals surface area (Å²) in [6, 6.07) is 0. The van der Waals surface area contributed by atoms with E-state index in [1.165, 1.54) is 13.8 Å². The van der Waals surface area contributed by atoms with Crippen molar-refractivity contribution in [2.45, 2.75) is 58.8 Å². The topological polar surface area (TPSA) is 78.9 Å². The van der Waals surface area contributed by atoms with Crippen LogP contribution in [0.15, 0.2) is 12.2 Å². The molecule has 3 rings (SSSR count). The van der Waals surface area contributed by atoms with Crippen LogP contribution in [0.5, 0.6) is 0 Å². The maximum Gasteiger partial charge on any atom is 0.309 e. The lowest BCUT2D eigenvalue weighted by Crippen LogP contribution is -2.39. The Morgan fingerprint density at radius 3 is 2.28 bits per heavy atom. The second-order valence-corrected chi connectivity index (χ2v) is 7.70. The number of carbonyl (C=O) groups excluding carboxylic acids is 3. The van der Waals surface area contributed by atoms with Crippen molar-refractivity contribution in [2.24, 2.45) is 29.6 Å². The third kappa shape index (κ3) is 3.07. The molecule has 2 saturated carbocycles. The first kappa shape index (κ1) is 18.0. The molecular formula is C19H26O6. The van der Waals surface area contributed by atoms with Gasteiger partial charge in [-0.15, -0.1) is 0 Å². The van der Waals surface area contributed by atoms with Crippen LogP contribution in [0.4, 0.5) is 0 Å². The average molecular weight is 350 g/mol. The summed E-state index contributed by atoms with van der Waals surface area (Å²) < 4.78 is 16.8. The number of ether oxygens (including phenoxy) is 3. The minimum atomic E-state index is -0.401. The fourth-order valence-electron chi connectivity index (χ4n) is 5.08. The van der Waals surface area contributed by atoms with Crippen LogP contribution in [0.3, 0.4) is 0 Å². The van der Waals surface area contributed by atoms with Crippen LogP contribution in [0, 0.1) is 29.6 Å². The normalized spacial score (nSPS) is 42.9. The molecule has 0 N–H and O–H groups in total. The van der Waals surface area contributed by atoms with Gasteiger partial charge in [0, 0.05) is 38.0 Å². The molecule has 1 saturated heterocycles. The predicted molar refractivity (Wildman–Crippen MR) is 88.2 cm³/mol. The van der Waals surface area contributed by atoms with Crippen molar-refractivity contribution < 1.29 is 28.6 Å². The van der Waals surface area contributed by atoms with Crippen molar-refractivity contribution in [1.29, 1.82) is 0 Å².